The highest BCUT2D eigenvalue weighted by atomic mass is 16.5. The van der Waals surface area contributed by atoms with Gasteiger partial charge < -0.3 is 9.47 Å². The van der Waals surface area contributed by atoms with Crippen LogP contribution in [0.4, 0.5) is 0 Å². The van der Waals surface area contributed by atoms with Crippen molar-refractivity contribution in [3.8, 4) is 0 Å². The summed E-state index contributed by atoms with van der Waals surface area (Å²) in [5, 5.41) is 0. The van der Waals surface area contributed by atoms with Crippen LogP contribution in [-0.2, 0) is 19.1 Å². The number of ether oxygens (including phenoxy) is 2. The van der Waals surface area contributed by atoms with Gasteiger partial charge in [0.1, 0.15) is 12.2 Å². The average molecular weight is 393 g/mol. The van der Waals surface area contributed by atoms with Gasteiger partial charge >= 0.3 is 11.9 Å². The minimum atomic E-state index is -0.125. The maximum atomic E-state index is 11.0. The molecule has 0 unspecified atom stereocenters. The fourth-order valence-electron chi connectivity index (χ4n) is 7.02. The summed E-state index contributed by atoms with van der Waals surface area (Å²) in [6.45, 7) is 16.9. The fraction of sp³-hybridized carbons (Fsp3) is 0.917. The van der Waals surface area contributed by atoms with E-state index >= 15 is 0 Å². The van der Waals surface area contributed by atoms with Crippen LogP contribution in [0, 0.1) is 33.5 Å². The van der Waals surface area contributed by atoms with Crippen LogP contribution in [0.15, 0.2) is 0 Å². The van der Waals surface area contributed by atoms with Gasteiger partial charge in [-0.25, -0.2) is 0 Å². The lowest BCUT2D eigenvalue weighted by Crippen LogP contribution is -2.37. The normalized spacial score (nSPS) is 44.0. The Morgan fingerprint density at radius 2 is 1.00 bits per heavy atom. The molecule has 0 aromatic heterocycles. The summed E-state index contributed by atoms with van der Waals surface area (Å²) in [5.41, 5.74) is 1.10. The van der Waals surface area contributed by atoms with Crippen molar-refractivity contribution < 1.29 is 19.1 Å². The third kappa shape index (κ3) is 3.01. The van der Waals surface area contributed by atoms with E-state index < -0.39 is 0 Å². The highest BCUT2D eigenvalue weighted by molar-refractivity contribution is 5.66. The minimum absolute atomic E-state index is 0.125. The molecule has 0 aromatic carbocycles. The van der Waals surface area contributed by atoms with Crippen molar-refractivity contribution in [1.82, 2.24) is 0 Å². The molecule has 4 rings (SSSR count). The van der Waals surface area contributed by atoms with Crippen molar-refractivity contribution in [3.05, 3.63) is 0 Å². The Morgan fingerprint density at radius 3 is 1.18 bits per heavy atom. The average Bonchev–Trinajstić information content (AvgIpc) is 3.06. The predicted molar refractivity (Wildman–Crippen MR) is 110 cm³/mol. The SMILES string of the molecule is CC(=O)O[C@@H]1C[C@@H]2CC[C@@]1(C)C2(C)C.CC(=O)O[C@H]1C[C@@H]2CC[C@@]1(C)C2(C)C. The third-order valence-corrected chi connectivity index (χ3v) is 10.0. The Balaban J connectivity index is 0.000000161. The van der Waals surface area contributed by atoms with E-state index in [0.29, 0.717) is 10.8 Å². The summed E-state index contributed by atoms with van der Waals surface area (Å²) in [4.78, 5) is 22.0. The van der Waals surface area contributed by atoms with Gasteiger partial charge in [-0.1, -0.05) is 41.5 Å². The van der Waals surface area contributed by atoms with Crippen LogP contribution in [0.5, 0.6) is 0 Å². The maximum Gasteiger partial charge on any atom is 0.302 e. The van der Waals surface area contributed by atoms with E-state index in [1.165, 1.54) is 39.5 Å². The Kier molecular flexibility index (Phi) is 5.21. The van der Waals surface area contributed by atoms with Crippen LogP contribution in [-0.4, -0.2) is 24.1 Å². The van der Waals surface area contributed by atoms with Crippen molar-refractivity contribution in [1.29, 1.82) is 0 Å². The molecule has 28 heavy (non-hydrogen) atoms. The quantitative estimate of drug-likeness (QED) is 0.580. The van der Waals surface area contributed by atoms with Crippen LogP contribution in [0.2, 0.25) is 0 Å². The first-order chi connectivity index (χ1) is 12.8. The topological polar surface area (TPSA) is 52.6 Å². The van der Waals surface area contributed by atoms with Crippen molar-refractivity contribution in [2.45, 2.75) is 106 Å². The number of carbonyl (C=O) groups is 2. The molecule has 0 saturated heterocycles. The van der Waals surface area contributed by atoms with E-state index in [-0.39, 0.29) is 35.0 Å². The molecule has 0 N–H and O–H groups in total. The predicted octanol–water partition coefficient (Wildman–Crippen LogP) is 5.53. The lowest BCUT2D eigenvalue weighted by atomic mass is 9.70. The second-order valence-electron chi connectivity index (χ2n) is 11.4. The molecule has 4 aliphatic carbocycles. The number of hydrogen-bond donors (Lipinski definition) is 0. The van der Waals surface area contributed by atoms with E-state index in [4.69, 9.17) is 9.47 Å². The Morgan fingerprint density at radius 1 is 0.679 bits per heavy atom. The number of hydrogen-bond acceptors (Lipinski definition) is 4. The molecular formula is C24H40O4. The number of carbonyl (C=O) groups excluding carboxylic acids is 2. The zero-order chi connectivity index (χ0) is 21.1. The second kappa shape index (κ2) is 6.74. The summed E-state index contributed by atoms with van der Waals surface area (Å²) in [5.74, 6) is 1.24. The first-order valence-electron chi connectivity index (χ1n) is 11.1. The van der Waals surface area contributed by atoms with E-state index in [1.807, 2.05) is 0 Å². The van der Waals surface area contributed by atoms with Gasteiger partial charge in [0.25, 0.3) is 0 Å². The first kappa shape index (κ1) is 21.6. The molecule has 4 heteroatoms. The lowest BCUT2D eigenvalue weighted by Gasteiger charge is -2.38. The molecule has 0 spiro atoms. The smallest absolute Gasteiger partial charge is 0.302 e. The first-order valence-corrected chi connectivity index (χ1v) is 11.1. The van der Waals surface area contributed by atoms with Crippen LogP contribution < -0.4 is 0 Å². The van der Waals surface area contributed by atoms with Gasteiger partial charge in [0, 0.05) is 24.7 Å². The standard InChI is InChI=1S/2C12H20O2/c2*1-8(13)14-10-7-9-5-6-12(10,4)11(9,2)3/h2*9-10H,5-7H2,1-4H3/t9-,10+,12+;9-,10-,12+/m00/s1. The van der Waals surface area contributed by atoms with Gasteiger partial charge in [-0.05, 0) is 61.2 Å². The van der Waals surface area contributed by atoms with Gasteiger partial charge in [-0.2, -0.15) is 0 Å². The molecular weight excluding hydrogens is 352 g/mol. The van der Waals surface area contributed by atoms with E-state index in [9.17, 15) is 9.59 Å². The van der Waals surface area contributed by atoms with Crippen molar-refractivity contribution in [3.63, 3.8) is 0 Å². The molecule has 0 radical (unpaired) electrons. The van der Waals surface area contributed by atoms with Crippen LogP contribution in [0.25, 0.3) is 0 Å². The molecule has 4 saturated carbocycles. The molecule has 4 bridgehead atoms. The number of rotatable bonds is 2. The molecule has 6 atom stereocenters. The van der Waals surface area contributed by atoms with Crippen molar-refractivity contribution >= 4 is 11.9 Å². The molecule has 160 valence electrons. The van der Waals surface area contributed by atoms with Crippen LogP contribution in [0.3, 0.4) is 0 Å². The summed E-state index contributed by atoms with van der Waals surface area (Å²) in [7, 11) is 0. The monoisotopic (exact) mass is 392 g/mol. The molecule has 0 aliphatic heterocycles. The maximum absolute atomic E-state index is 11.0. The zero-order valence-electron chi connectivity index (χ0n) is 19.2. The van der Waals surface area contributed by atoms with Crippen LogP contribution in [0.1, 0.15) is 93.9 Å². The van der Waals surface area contributed by atoms with E-state index in [2.05, 4.69) is 41.5 Å². The largest absolute Gasteiger partial charge is 0.462 e. The molecule has 0 amide bonds. The second-order valence-corrected chi connectivity index (χ2v) is 11.4. The van der Waals surface area contributed by atoms with E-state index in [1.54, 1.807) is 0 Å². The van der Waals surface area contributed by atoms with Crippen LogP contribution >= 0.6 is 0 Å². The lowest BCUT2D eigenvalue weighted by molar-refractivity contribution is -0.155. The number of esters is 2. The number of fused-ring (bicyclic) bond motifs is 4. The minimum Gasteiger partial charge on any atom is -0.462 e. The van der Waals surface area contributed by atoms with Gasteiger partial charge in [-0.15, -0.1) is 0 Å². The van der Waals surface area contributed by atoms with Gasteiger partial charge in [-0.3, -0.25) is 9.59 Å². The summed E-state index contributed by atoms with van der Waals surface area (Å²) < 4.78 is 10.9. The van der Waals surface area contributed by atoms with Gasteiger partial charge in [0.05, 0.1) is 0 Å². The highest BCUT2D eigenvalue weighted by Gasteiger charge is 2.63. The third-order valence-electron chi connectivity index (χ3n) is 10.0. The molecule has 4 aliphatic rings. The molecule has 0 heterocycles. The molecule has 4 nitrogen and oxygen atoms in total. The Bertz CT molecular complexity index is 595. The summed E-state index contributed by atoms with van der Waals surface area (Å²) in [6, 6.07) is 0. The van der Waals surface area contributed by atoms with Crippen molar-refractivity contribution in [2.24, 2.45) is 33.5 Å². The molecule has 4 fully saturated rings. The summed E-state index contributed by atoms with van der Waals surface area (Å²) in [6.07, 6.45) is 7.50. The van der Waals surface area contributed by atoms with E-state index in [0.717, 1.165) is 24.7 Å². The molecule has 0 aromatic rings. The zero-order valence-corrected chi connectivity index (χ0v) is 19.2. The Hall–Kier alpha value is -1.06. The van der Waals surface area contributed by atoms with Gasteiger partial charge in [0.2, 0.25) is 0 Å². The fourth-order valence-corrected chi connectivity index (χ4v) is 7.02. The Labute approximate surface area is 171 Å². The van der Waals surface area contributed by atoms with Gasteiger partial charge in [0.15, 0.2) is 0 Å². The highest BCUT2D eigenvalue weighted by Crippen LogP contribution is 2.67. The summed E-state index contributed by atoms with van der Waals surface area (Å²) >= 11 is 0. The van der Waals surface area contributed by atoms with Crippen molar-refractivity contribution in [2.75, 3.05) is 0 Å².